The highest BCUT2D eigenvalue weighted by molar-refractivity contribution is 9.09. The quantitative estimate of drug-likeness (QED) is 0.762. The molecule has 1 fully saturated rings. The molecule has 1 unspecified atom stereocenters. The van der Waals surface area contributed by atoms with Gasteiger partial charge in [-0.15, -0.1) is 0 Å². The van der Waals surface area contributed by atoms with Gasteiger partial charge in [-0.2, -0.15) is 0 Å². The number of carbonyl (C=O) groups is 1. The van der Waals surface area contributed by atoms with E-state index in [0.717, 1.165) is 6.26 Å². The van der Waals surface area contributed by atoms with Gasteiger partial charge in [0.1, 0.15) is 5.25 Å². The summed E-state index contributed by atoms with van der Waals surface area (Å²) >= 11 is 3.38. The van der Waals surface area contributed by atoms with E-state index in [4.69, 9.17) is 4.74 Å². The molecule has 0 spiro atoms. The lowest BCUT2D eigenvalue weighted by Gasteiger charge is -2.37. The Morgan fingerprint density at radius 3 is 2.41 bits per heavy atom. The minimum atomic E-state index is -3.35. The molecule has 100 valence electrons. The molecule has 1 aliphatic rings. The highest BCUT2D eigenvalue weighted by Gasteiger charge is 2.36. The number of amides is 1. The molecule has 5 nitrogen and oxygen atoms in total. The number of ether oxygens (including phenoxy) is 1. The summed E-state index contributed by atoms with van der Waals surface area (Å²) in [5.41, 5.74) is -0.381. The fourth-order valence-electron chi connectivity index (χ4n) is 1.61. The zero-order valence-electron chi connectivity index (χ0n) is 10.0. The first-order valence-electron chi connectivity index (χ1n) is 5.45. The number of halogens is 1. The first-order valence-corrected chi connectivity index (χ1v) is 8.53. The van der Waals surface area contributed by atoms with E-state index >= 15 is 0 Å². The number of hydrogen-bond acceptors (Lipinski definition) is 4. The van der Waals surface area contributed by atoms with Crippen molar-refractivity contribution in [3.05, 3.63) is 0 Å². The summed E-state index contributed by atoms with van der Waals surface area (Å²) in [7, 11) is -3.35. The lowest BCUT2D eigenvalue weighted by atomic mass is 9.92. The van der Waals surface area contributed by atoms with Gasteiger partial charge in [0, 0.05) is 24.8 Å². The Balaban J connectivity index is 2.72. The van der Waals surface area contributed by atoms with Crippen molar-refractivity contribution >= 4 is 31.7 Å². The van der Waals surface area contributed by atoms with E-state index in [-0.39, 0.29) is 5.54 Å². The topological polar surface area (TPSA) is 72.5 Å². The highest BCUT2D eigenvalue weighted by Crippen LogP contribution is 2.23. The summed E-state index contributed by atoms with van der Waals surface area (Å²) in [5, 5.41) is 2.43. The van der Waals surface area contributed by atoms with Gasteiger partial charge in [0.05, 0.1) is 5.54 Å². The van der Waals surface area contributed by atoms with Crippen molar-refractivity contribution in [2.45, 2.75) is 30.6 Å². The largest absolute Gasteiger partial charge is 0.381 e. The Morgan fingerprint density at radius 2 is 2.00 bits per heavy atom. The molecule has 0 bridgehead atoms. The van der Waals surface area contributed by atoms with Gasteiger partial charge < -0.3 is 10.1 Å². The fourth-order valence-corrected chi connectivity index (χ4v) is 2.76. The van der Waals surface area contributed by atoms with Crippen LogP contribution in [0.25, 0.3) is 0 Å². The van der Waals surface area contributed by atoms with Crippen LogP contribution in [-0.2, 0) is 19.4 Å². The Bertz CT molecular complexity index is 376. The van der Waals surface area contributed by atoms with Gasteiger partial charge in [0.2, 0.25) is 5.91 Å². The van der Waals surface area contributed by atoms with E-state index in [1.807, 2.05) is 0 Å². The fraction of sp³-hybridized carbons (Fsp3) is 0.900. The summed E-state index contributed by atoms with van der Waals surface area (Å²) < 4.78 is 27.9. The smallest absolute Gasteiger partial charge is 0.238 e. The third kappa shape index (κ3) is 3.93. The molecule has 7 heteroatoms. The summed E-state index contributed by atoms with van der Waals surface area (Å²) in [6, 6.07) is 0. The molecule has 0 saturated carbocycles. The van der Waals surface area contributed by atoms with E-state index in [9.17, 15) is 13.2 Å². The average Bonchev–Trinajstić information content (AvgIpc) is 2.28. The van der Waals surface area contributed by atoms with Crippen LogP contribution in [-0.4, -0.2) is 49.9 Å². The summed E-state index contributed by atoms with van der Waals surface area (Å²) in [6.45, 7) is 2.57. The van der Waals surface area contributed by atoms with Gasteiger partial charge in [0.15, 0.2) is 9.84 Å². The van der Waals surface area contributed by atoms with Crippen molar-refractivity contribution in [1.29, 1.82) is 0 Å². The van der Waals surface area contributed by atoms with Crippen LogP contribution < -0.4 is 5.32 Å². The number of carbonyl (C=O) groups excluding carboxylic acids is 1. The van der Waals surface area contributed by atoms with Crippen LogP contribution >= 0.6 is 15.9 Å². The van der Waals surface area contributed by atoms with Crippen LogP contribution in [0.2, 0.25) is 0 Å². The maximum absolute atomic E-state index is 11.9. The van der Waals surface area contributed by atoms with Gasteiger partial charge >= 0.3 is 0 Å². The Labute approximate surface area is 110 Å². The van der Waals surface area contributed by atoms with Crippen molar-refractivity contribution in [3.63, 3.8) is 0 Å². The number of rotatable bonds is 4. The van der Waals surface area contributed by atoms with Crippen LogP contribution in [0.4, 0.5) is 0 Å². The van der Waals surface area contributed by atoms with Crippen molar-refractivity contribution in [2.75, 3.05) is 24.8 Å². The Morgan fingerprint density at radius 1 is 1.47 bits per heavy atom. The molecule has 0 aliphatic carbocycles. The third-order valence-electron chi connectivity index (χ3n) is 3.11. The molecule has 0 aromatic heterocycles. The average molecular weight is 328 g/mol. The summed E-state index contributed by atoms with van der Waals surface area (Å²) in [5.74, 6) is -0.436. The SMILES string of the molecule is CC(C(=O)NC1(CBr)CCOCC1)S(C)(=O)=O. The van der Waals surface area contributed by atoms with Crippen LogP contribution in [0, 0.1) is 0 Å². The van der Waals surface area contributed by atoms with E-state index in [2.05, 4.69) is 21.2 Å². The van der Waals surface area contributed by atoms with Crippen LogP contribution in [0.15, 0.2) is 0 Å². The Kier molecular flexibility index (Phi) is 4.97. The number of alkyl halides is 1. The summed E-state index contributed by atoms with van der Waals surface area (Å²) in [4.78, 5) is 11.9. The third-order valence-corrected chi connectivity index (χ3v) is 5.68. The van der Waals surface area contributed by atoms with Gasteiger partial charge in [-0.3, -0.25) is 4.79 Å². The second-order valence-corrected chi connectivity index (χ2v) is 7.41. The number of hydrogen-bond donors (Lipinski definition) is 1. The molecule has 17 heavy (non-hydrogen) atoms. The molecular formula is C10H18BrNO4S. The number of nitrogens with one attached hydrogen (secondary N) is 1. The van der Waals surface area contributed by atoms with Crippen molar-refractivity contribution in [1.82, 2.24) is 5.32 Å². The van der Waals surface area contributed by atoms with E-state index in [1.54, 1.807) is 0 Å². The first-order chi connectivity index (χ1) is 7.81. The molecule has 1 amide bonds. The second kappa shape index (κ2) is 5.67. The second-order valence-electron chi connectivity index (χ2n) is 4.49. The Hall–Kier alpha value is -0.140. The predicted octanol–water partition coefficient (Wildman–Crippen LogP) is 0.480. The monoisotopic (exact) mass is 327 g/mol. The normalized spacial score (nSPS) is 21.8. The maximum Gasteiger partial charge on any atom is 0.238 e. The molecule has 1 aliphatic heterocycles. The van der Waals surface area contributed by atoms with E-state index < -0.39 is 21.0 Å². The minimum absolute atomic E-state index is 0.381. The van der Waals surface area contributed by atoms with Gasteiger partial charge in [-0.1, -0.05) is 15.9 Å². The zero-order chi connectivity index (χ0) is 13.1. The first kappa shape index (κ1) is 14.9. The van der Waals surface area contributed by atoms with Crippen molar-refractivity contribution < 1.29 is 17.9 Å². The van der Waals surface area contributed by atoms with Crippen LogP contribution in [0.5, 0.6) is 0 Å². The van der Waals surface area contributed by atoms with E-state index in [1.165, 1.54) is 6.92 Å². The minimum Gasteiger partial charge on any atom is -0.381 e. The number of sulfone groups is 1. The van der Waals surface area contributed by atoms with Gasteiger partial charge in [0.25, 0.3) is 0 Å². The molecule has 0 radical (unpaired) electrons. The molecule has 0 aromatic carbocycles. The van der Waals surface area contributed by atoms with Crippen LogP contribution in [0.1, 0.15) is 19.8 Å². The zero-order valence-corrected chi connectivity index (χ0v) is 12.4. The molecule has 1 heterocycles. The van der Waals surface area contributed by atoms with Gasteiger partial charge in [-0.25, -0.2) is 8.42 Å². The molecular weight excluding hydrogens is 310 g/mol. The van der Waals surface area contributed by atoms with Crippen LogP contribution in [0.3, 0.4) is 0 Å². The lowest BCUT2D eigenvalue weighted by Crippen LogP contribution is -2.56. The van der Waals surface area contributed by atoms with E-state index in [0.29, 0.717) is 31.4 Å². The van der Waals surface area contributed by atoms with Gasteiger partial charge in [-0.05, 0) is 19.8 Å². The summed E-state index contributed by atoms with van der Waals surface area (Å²) in [6.07, 6.45) is 2.46. The molecule has 1 N–H and O–H groups in total. The predicted molar refractivity (Wildman–Crippen MR) is 69.0 cm³/mol. The molecule has 1 saturated heterocycles. The van der Waals surface area contributed by atoms with Crippen molar-refractivity contribution in [2.24, 2.45) is 0 Å². The lowest BCUT2D eigenvalue weighted by molar-refractivity contribution is -0.123. The molecule has 1 atom stereocenters. The molecule has 1 rings (SSSR count). The standard InChI is InChI=1S/C10H18BrNO4S/c1-8(17(2,14)15)9(13)12-10(7-11)3-5-16-6-4-10/h8H,3-7H2,1-2H3,(H,12,13). The highest BCUT2D eigenvalue weighted by atomic mass is 79.9. The molecule has 0 aromatic rings. The van der Waals surface area contributed by atoms with Crippen molar-refractivity contribution in [3.8, 4) is 0 Å². The maximum atomic E-state index is 11.9.